The molecule has 3 aliphatic heterocycles. The number of piperidine rings is 2. The van der Waals surface area contributed by atoms with E-state index in [0.29, 0.717) is 29.9 Å². The van der Waals surface area contributed by atoms with Crippen molar-refractivity contribution in [2.75, 3.05) is 40.9 Å². The zero-order valence-electron chi connectivity index (χ0n) is 21.1. The van der Waals surface area contributed by atoms with Crippen LogP contribution in [-0.4, -0.2) is 85.5 Å². The number of carbonyl (C=O) groups excluding carboxylic acids is 3. The van der Waals surface area contributed by atoms with Crippen LogP contribution in [0, 0.1) is 5.92 Å². The number of hydrogen-bond acceptors (Lipinski definition) is 6. The summed E-state index contributed by atoms with van der Waals surface area (Å²) in [5.41, 5.74) is 0.756. The first-order chi connectivity index (χ1) is 16.9. The molecule has 3 heterocycles. The molecule has 0 unspecified atom stereocenters. The van der Waals surface area contributed by atoms with Crippen molar-refractivity contribution in [2.45, 2.75) is 63.6 Å². The highest BCUT2D eigenvalue weighted by atomic mass is 16.5. The third kappa shape index (κ3) is 5.72. The van der Waals surface area contributed by atoms with Crippen molar-refractivity contribution in [3.63, 3.8) is 0 Å². The van der Waals surface area contributed by atoms with Crippen molar-refractivity contribution in [3.05, 3.63) is 23.8 Å². The fourth-order valence-electron chi connectivity index (χ4n) is 5.79. The summed E-state index contributed by atoms with van der Waals surface area (Å²) in [5.74, 6) is 1.36. The molecule has 4 rings (SSSR count). The maximum atomic E-state index is 12.9. The highest BCUT2D eigenvalue weighted by Gasteiger charge is 2.38. The maximum absolute atomic E-state index is 12.9. The topological polar surface area (TPSA) is 91.4 Å². The van der Waals surface area contributed by atoms with Gasteiger partial charge in [0.2, 0.25) is 5.91 Å². The van der Waals surface area contributed by atoms with Gasteiger partial charge in [-0.25, -0.2) is 4.79 Å². The molecule has 0 aromatic heterocycles. The molecule has 9 heteroatoms. The van der Waals surface area contributed by atoms with Crippen LogP contribution in [0.15, 0.2) is 18.2 Å². The van der Waals surface area contributed by atoms with Gasteiger partial charge in [0.25, 0.3) is 5.91 Å². The lowest BCUT2D eigenvalue weighted by atomic mass is 9.83. The third-order valence-corrected chi connectivity index (χ3v) is 7.71. The first-order valence-corrected chi connectivity index (χ1v) is 12.7. The molecule has 3 atom stereocenters. The largest absolute Gasteiger partial charge is 0.493 e. The van der Waals surface area contributed by atoms with Crippen LogP contribution < -0.4 is 14.8 Å². The summed E-state index contributed by atoms with van der Waals surface area (Å²) in [5, 5.41) is 2.74. The second-order valence-corrected chi connectivity index (χ2v) is 9.93. The number of nitrogens with one attached hydrogen (secondary N) is 1. The van der Waals surface area contributed by atoms with Crippen LogP contribution in [0.5, 0.6) is 11.5 Å². The van der Waals surface area contributed by atoms with E-state index in [1.54, 1.807) is 32.4 Å². The molecule has 35 heavy (non-hydrogen) atoms. The average molecular weight is 487 g/mol. The molecule has 1 aromatic carbocycles. The minimum atomic E-state index is -0.677. The van der Waals surface area contributed by atoms with Gasteiger partial charge in [0, 0.05) is 26.1 Å². The maximum Gasteiger partial charge on any atom is 0.325 e. The zero-order valence-corrected chi connectivity index (χ0v) is 21.1. The van der Waals surface area contributed by atoms with E-state index < -0.39 is 12.1 Å². The number of rotatable bonds is 9. The lowest BCUT2D eigenvalue weighted by molar-refractivity contribution is -0.132. The van der Waals surface area contributed by atoms with Crippen molar-refractivity contribution in [2.24, 2.45) is 5.92 Å². The van der Waals surface area contributed by atoms with Gasteiger partial charge in [0.1, 0.15) is 6.04 Å². The number of hydrogen-bond donors (Lipinski definition) is 1. The van der Waals surface area contributed by atoms with Crippen LogP contribution in [0.4, 0.5) is 4.79 Å². The van der Waals surface area contributed by atoms with E-state index in [1.807, 2.05) is 11.9 Å². The molecule has 0 radical (unpaired) electrons. The van der Waals surface area contributed by atoms with Gasteiger partial charge in [0.15, 0.2) is 11.5 Å². The normalized spacial score (nSPS) is 24.7. The smallest absolute Gasteiger partial charge is 0.325 e. The van der Waals surface area contributed by atoms with Crippen molar-refractivity contribution >= 4 is 17.8 Å². The highest BCUT2D eigenvalue weighted by Crippen LogP contribution is 2.32. The van der Waals surface area contributed by atoms with E-state index in [-0.39, 0.29) is 24.8 Å². The minimum absolute atomic E-state index is 0.0262. The van der Waals surface area contributed by atoms with Gasteiger partial charge in [-0.1, -0.05) is 12.5 Å². The quantitative estimate of drug-likeness (QED) is 0.540. The Hall–Kier alpha value is -2.81. The van der Waals surface area contributed by atoms with Crippen molar-refractivity contribution < 1.29 is 23.9 Å². The van der Waals surface area contributed by atoms with Crippen molar-refractivity contribution in [1.29, 1.82) is 0 Å². The van der Waals surface area contributed by atoms with E-state index >= 15 is 0 Å². The standard InChI is InChI=1S/C26H38N4O5/c1-28(17-19-7-6-14-29-13-5-4-8-21(19)29)24(31)12-10-20-25(32)30(26(33)27-20)16-18-9-11-22(34-2)23(15-18)35-3/h9,11,15,19-21H,4-8,10,12-14,16-17H2,1-3H3,(H,27,33)/t19-,20-,21+/m1/s1. The number of ether oxygens (including phenoxy) is 2. The van der Waals surface area contributed by atoms with Gasteiger partial charge >= 0.3 is 6.03 Å². The fourth-order valence-corrected chi connectivity index (χ4v) is 5.79. The molecule has 192 valence electrons. The Morgan fingerprint density at radius 1 is 1.09 bits per heavy atom. The Morgan fingerprint density at radius 3 is 2.63 bits per heavy atom. The van der Waals surface area contributed by atoms with Crippen molar-refractivity contribution in [3.8, 4) is 11.5 Å². The summed E-state index contributed by atoms with van der Waals surface area (Å²) in [6.45, 7) is 3.26. The molecule has 1 aromatic rings. The van der Waals surface area contributed by atoms with Gasteiger partial charge in [-0.05, 0) is 68.8 Å². The first-order valence-electron chi connectivity index (χ1n) is 12.7. The van der Waals surface area contributed by atoms with E-state index in [9.17, 15) is 14.4 Å². The lowest BCUT2D eigenvalue weighted by Gasteiger charge is -2.45. The number of carbonyl (C=O) groups is 3. The molecule has 1 N–H and O–H groups in total. The van der Waals surface area contributed by atoms with Gasteiger partial charge in [-0.3, -0.25) is 14.5 Å². The molecule has 3 fully saturated rings. The monoisotopic (exact) mass is 486 g/mol. The molecular formula is C26H38N4O5. The third-order valence-electron chi connectivity index (χ3n) is 7.71. The van der Waals surface area contributed by atoms with Crippen LogP contribution in [0.2, 0.25) is 0 Å². The molecule has 3 saturated heterocycles. The van der Waals surface area contributed by atoms with E-state index in [0.717, 1.165) is 12.1 Å². The lowest BCUT2D eigenvalue weighted by Crippen LogP contribution is -2.51. The minimum Gasteiger partial charge on any atom is -0.493 e. The van der Waals surface area contributed by atoms with Crippen LogP contribution in [0.1, 0.15) is 50.5 Å². The van der Waals surface area contributed by atoms with Gasteiger partial charge in [0.05, 0.1) is 20.8 Å². The molecule has 4 amide bonds. The molecular weight excluding hydrogens is 448 g/mol. The number of urea groups is 1. The Kier molecular flexibility index (Phi) is 8.15. The van der Waals surface area contributed by atoms with Crippen LogP contribution in [-0.2, 0) is 16.1 Å². The Labute approximate surface area is 207 Å². The summed E-state index contributed by atoms with van der Waals surface area (Å²) in [4.78, 5) is 43.9. The Balaban J connectivity index is 1.28. The SMILES string of the molecule is COc1ccc(CN2C(=O)N[C@H](CCC(=O)N(C)C[C@H]3CCCN4CCCC[C@@H]34)C2=O)cc1OC. The summed E-state index contributed by atoms with van der Waals surface area (Å²) in [6.07, 6.45) is 6.68. The second kappa shape index (κ2) is 11.3. The van der Waals surface area contributed by atoms with Gasteiger partial charge in [-0.2, -0.15) is 0 Å². The Morgan fingerprint density at radius 2 is 1.86 bits per heavy atom. The molecule has 0 bridgehead atoms. The number of imide groups is 1. The molecule has 0 spiro atoms. The van der Waals surface area contributed by atoms with E-state index in [2.05, 4.69) is 10.2 Å². The highest BCUT2D eigenvalue weighted by molar-refractivity contribution is 6.04. The number of nitrogens with zero attached hydrogens (tertiary/aromatic N) is 3. The zero-order chi connectivity index (χ0) is 24.9. The predicted octanol–water partition coefficient (Wildman–Crippen LogP) is 2.63. The average Bonchev–Trinajstić information content (AvgIpc) is 3.14. The van der Waals surface area contributed by atoms with Crippen LogP contribution in [0.25, 0.3) is 0 Å². The van der Waals surface area contributed by atoms with E-state index in [4.69, 9.17) is 9.47 Å². The second-order valence-electron chi connectivity index (χ2n) is 9.93. The Bertz CT molecular complexity index is 936. The van der Waals surface area contributed by atoms with Gasteiger partial charge < -0.3 is 24.6 Å². The van der Waals surface area contributed by atoms with E-state index in [1.165, 1.54) is 50.1 Å². The van der Waals surface area contributed by atoms with Crippen molar-refractivity contribution in [1.82, 2.24) is 20.0 Å². The number of methoxy groups -OCH3 is 2. The number of amides is 4. The molecule has 0 saturated carbocycles. The molecule has 0 aliphatic carbocycles. The number of fused-ring (bicyclic) bond motifs is 1. The van der Waals surface area contributed by atoms with Crippen LogP contribution in [0.3, 0.4) is 0 Å². The molecule has 9 nitrogen and oxygen atoms in total. The first kappa shape index (κ1) is 25.3. The summed E-state index contributed by atoms with van der Waals surface area (Å²) in [6, 6.07) is 4.78. The van der Waals surface area contributed by atoms with Crippen LogP contribution >= 0.6 is 0 Å². The molecule has 3 aliphatic rings. The summed E-state index contributed by atoms with van der Waals surface area (Å²) < 4.78 is 10.6. The number of benzene rings is 1. The fraction of sp³-hybridized carbons (Fsp3) is 0.654. The summed E-state index contributed by atoms with van der Waals surface area (Å²) >= 11 is 0. The predicted molar refractivity (Wildman–Crippen MR) is 131 cm³/mol. The van der Waals surface area contributed by atoms with Gasteiger partial charge in [-0.15, -0.1) is 0 Å². The summed E-state index contributed by atoms with van der Waals surface area (Å²) in [7, 11) is 4.96.